The van der Waals surface area contributed by atoms with Gasteiger partial charge in [0.05, 0.1) is 22.1 Å². The van der Waals surface area contributed by atoms with Crippen LogP contribution in [0.3, 0.4) is 0 Å². The van der Waals surface area contributed by atoms with Crippen LogP contribution in [-0.4, -0.2) is 25.5 Å². The summed E-state index contributed by atoms with van der Waals surface area (Å²) in [5.74, 6) is -0.184. The molecule has 7 heteroatoms. The highest BCUT2D eigenvalue weighted by Gasteiger charge is 2.13. The highest BCUT2D eigenvalue weighted by molar-refractivity contribution is 6.31. The molecule has 1 N–H and O–H groups in total. The quantitative estimate of drug-likeness (QED) is 0.787. The molecule has 2 heterocycles. The van der Waals surface area contributed by atoms with Crippen LogP contribution in [-0.2, 0) is 6.54 Å². The maximum Gasteiger partial charge on any atom is 0.273 e. The monoisotopic (exact) mass is 343 g/mol. The molecule has 24 heavy (non-hydrogen) atoms. The molecule has 0 aliphatic rings. The van der Waals surface area contributed by atoms with Crippen molar-refractivity contribution in [2.45, 2.75) is 27.3 Å². The number of halogens is 1. The molecule has 0 fully saturated rings. The summed E-state index contributed by atoms with van der Waals surface area (Å²) in [5, 5.41) is 12.1. The van der Waals surface area contributed by atoms with E-state index in [9.17, 15) is 4.79 Å². The lowest BCUT2D eigenvalue weighted by molar-refractivity contribution is 0.101. The third-order valence-electron chi connectivity index (χ3n) is 3.82. The number of nitrogens with one attached hydrogen (secondary N) is 1. The van der Waals surface area contributed by atoms with Crippen molar-refractivity contribution in [2.24, 2.45) is 0 Å². The van der Waals surface area contributed by atoms with E-state index in [-0.39, 0.29) is 5.91 Å². The van der Waals surface area contributed by atoms with E-state index in [1.54, 1.807) is 21.6 Å². The van der Waals surface area contributed by atoms with Gasteiger partial charge in [-0.15, -0.1) is 0 Å². The van der Waals surface area contributed by atoms with Gasteiger partial charge in [0.15, 0.2) is 0 Å². The van der Waals surface area contributed by atoms with E-state index in [4.69, 9.17) is 11.6 Å². The first-order valence-corrected chi connectivity index (χ1v) is 8.04. The van der Waals surface area contributed by atoms with Crippen molar-refractivity contribution >= 4 is 23.2 Å². The maximum absolute atomic E-state index is 12.3. The predicted octanol–water partition coefficient (Wildman–Crippen LogP) is 3.61. The van der Waals surface area contributed by atoms with Crippen LogP contribution in [0.15, 0.2) is 36.5 Å². The zero-order valence-electron chi connectivity index (χ0n) is 13.7. The average molecular weight is 344 g/mol. The first-order chi connectivity index (χ1) is 11.5. The van der Waals surface area contributed by atoms with Crippen LogP contribution < -0.4 is 5.32 Å². The van der Waals surface area contributed by atoms with Crippen LogP contribution in [0.2, 0.25) is 5.02 Å². The van der Waals surface area contributed by atoms with Crippen LogP contribution in [0.25, 0.3) is 5.69 Å². The number of carbonyl (C=O) groups is 1. The summed E-state index contributed by atoms with van der Waals surface area (Å²) in [6, 6.07) is 9.16. The lowest BCUT2D eigenvalue weighted by Gasteiger charge is -2.09. The topological polar surface area (TPSA) is 64.7 Å². The van der Waals surface area contributed by atoms with Gasteiger partial charge >= 0.3 is 0 Å². The molecular weight excluding hydrogens is 326 g/mol. The fourth-order valence-electron chi connectivity index (χ4n) is 2.53. The predicted molar refractivity (Wildman–Crippen MR) is 93.9 cm³/mol. The Hall–Kier alpha value is -2.60. The van der Waals surface area contributed by atoms with Crippen LogP contribution in [0.4, 0.5) is 5.69 Å². The molecule has 124 valence electrons. The van der Waals surface area contributed by atoms with Crippen LogP contribution in [0.5, 0.6) is 0 Å². The second-order valence-electron chi connectivity index (χ2n) is 5.43. The summed E-state index contributed by atoms with van der Waals surface area (Å²) in [6.07, 6.45) is 1.62. The Morgan fingerprint density at radius 1 is 1.21 bits per heavy atom. The SMILES string of the molecule is CCn1nccc1C(=O)Nc1ccc(-n2nc(C)c(Cl)c2C)cc1. The molecule has 0 radical (unpaired) electrons. The molecule has 1 amide bonds. The summed E-state index contributed by atoms with van der Waals surface area (Å²) >= 11 is 6.19. The summed E-state index contributed by atoms with van der Waals surface area (Å²) in [6.45, 7) is 6.38. The van der Waals surface area contributed by atoms with E-state index >= 15 is 0 Å². The number of anilines is 1. The zero-order valence-corrected chi connectivity index (χ0v) is 14.5. The maximum atomic E-state index is 12.3. The zero-order chi connectivity index (χ0) is 17.3. The summed E-state index contributed by atoms with van der Waals surface area (Å²) in [7, 11) is 0. The second-order valence-corrected chi connectivity index (χ2v) is 5.81. The van der Waals surface area contributed by atoms with E-state index in [0.29, 0.717) is 22.9 Å². The highest BCUT2D eigenvalue weighted by Crippen LogP contribution is 2.23. The van der Waals surface area contributed by atoms with E-state index in [1.807, 2.05) is 45.0 Å². The molecule has 0 aliphatic heterocycles. The van der Waals surface area contributed by atoms with Crippen molar-refractivity contribution in [1.29, 1.82) is 0 Å². The highest BCUT2D eigenvalue weighted by atomic mass is 35.5. The third kappa shape index (κ3) is 2.92. The summed E-state index contributed by atoms with van der Waals surface area (Å²) in [5.41, 5.74) is 3.81. The van der Waals surface area contributed by atoms with Crippen LogP contribution >= 0.6 is 11.6 Å². The first kappa shape index (κ1) is 16.3. The first-order valence-electron chi connectivity index (χ1n) is 7.66. The number of carbonyl (C=O) groups excluding carboxylic acids is 1. The van der Waals surface area contributed by atoms with Crippen molar-refractivity contribution in [3.8, 4) is 5.69 Å². The van der Waals surface area contributed by atoms with Gasteiger partial charge in [0.1, 0.15) is 5.69 Å². The number of benzene rings is 1. The summed E-state index contributed by atoms with van der Waals surface area (Å²) in [4.78, 5) is 12.3. The number of aryl methyl sites for hydroxylation is 2. The Labute approximate surface area is 145 Å². The molecule has 1 aromatic carbocycles. The van der Waals surface area contributed by atoms with Gasteiger partial charge in [0, 0.05) is 18.4 Å². The molecule has 3 rings (SSSR count). The van der Waals surface area contributed by atoms with Crippen molar-refractivity contribution in [2.75, 3.05) is 5.32 Å². The van der Waals surface area contributed by atoms with Crippen molar-refractivity contribution < 1.29 is 4.79 Å². The van der Waals surface area contributed by atoms with Gasteiger partial charge in [-0.1, -0.05) is 11.6 Å². The van der Waals surface area contributed by atoms with Gasteiger partial charge in [-0.05, 0) is 51.1 Å². The molecule has 0 saturated carbocycles. The molecule has 0 unspecified atom stereocenters. The summed E-state index contributed by atoms with van der Waals surface area (Å²) < 4.78 is 3.44. The molecule has 0 bridgehead atoms. The molecule has 0 saturated heterocycles. The van der Waals surface area contributed by atoms with Gasteiger partial charge in [-0.2, -0.15) is 10.2 Å². The van der Waals surface area contributed by atoms with Gasteiger partial charge < -0.3 is 5.32 Å². The van der Waals surface area contributed by atoms with Gasteiger partial charge in [0.25, 0.3) is 5.91 Å². The van der Waals surface area contributed by atoms with Crippen molar-refractivity contribution in [3.63, 3.8) is 0 Å². The van der Waals surface area contributed by atoms with Crippen LogP contribution in [0, 0.1) is 13.8 Å². The molecule has 0 spiro atoms. The van der Waals surface area contributed by atoms with E-state index in [1.165, 1.54) is 0 Å². The lowest BCUT2D eigenvalue weighted by atomic mass is 10.2. The van der Waals surface area contributed by atoms with E-state index < -0.39 is 0 Å². The fourth-order valence-corrected chi connectivity index (χ4v) is 2.65. The minimum Gasteiger partial charge on any atom is -0.321 e. The average Bonchev–Trinajstić information content (AvgIpc) is 3.16. The fraction of sp³-hybridized carbons (Fsp3) is 0.235. The second kappa shape index (κ2) is 6.49. The minimum absolute atomic E-state index is 0.184. The number of hydrogen-bond acceptors (Lipinski definition) is 3. The largest absolute Gasteiger partial charge is 0.321 e. The van der Waals surface area contributed by atoms with E-state index in [2.05, 4.69) is 15.5 Å². The van der Waals surface area contributed by atoms with Gasteiger partial charge in [-0.25, -0.2) is 4.68 Å². The minimum atomic E-state index is -0.184. The normalized spacial score (nSPS) is 10.8. The van der Waals surface area contributed by atoms with Crippen molar-refractivity contribution in [3.05, 3.63) is 58.6 Å². The smallest absolute Gasteiger partial charge is 0.273 e. The van der Waals surface area contributed by atoms with E-state index in [0.717, 1.165) is 17.1 Å². The molecule has 6 nitrogen and oxygen atoms in total. The standard InChI is InChI=1S/C17H18ClN5O/c1-4-22-15(9-10-19-22)17(24)20-13-5-7-14(8-6-13)23-12(3)16(18)11(2)21-23/h5-10H,4H2,1-3H3,(H,20,24). The molecule has 2 aromatic heterocycles. The third-order valence-corrected chi connectivity index (χ3v) is 4.37. The number of amides is 1. The number of nitrogens with zero attached hydrogens (tertiary/aromatic N) is 4. The lowest BCUT2D eigenvalue weighted by Crippen LogP contribution is -2.17. The van der Waals surface area contributed by atoms with Gasteiger partial charge in [0.2, 0.25) is 0 Å². The Morgan fingerprint density at radius 3 is 2.50 bits per heavy atom. The number of aromatic nitrogens is 4. The Balaban J connectivity index is 1.80. The Kier molecular flexibility index (Phi) is 4.40. The Bertz CT molecular complexity index is 879. The number of hydrogen-bond donors (Lipinski definition) is 1. The van der Waals surface area contributed by atoms with Crippen LogP contribution in [0.1, 0.15) is 28.8 Å². The number of rotatable bonds is 4. The molecule has 0 aliphatic carbocycles. The molecule has 0 atom stereocenters. The molecular formula is C17H18ClN5O. The molecule has 3 aromatic rings. The Morgan fingerprint density at radius 2 is 1.92 bits per heavy atom. The van der Waals surface area contributed by atoms with Gasteiger partial charge in [-0.3, -0.25) is 9.48 Å². The van der Waals surface area contributed by atoms with Crippen molar-refractivity contribution in [1.82, 2.24) is 19.6 Å².